The zero-order valence-corrected chi connectivity index (χ0v) is 6.80. The van der Waals surface area contributed by atoms with Gasteiger partial charge in [-0.15, -0.1) is 0 Å². The average Bonchev–Trinajstić information content (AvgIpc) is 1.96. The molecule has 2 unspecified atom stereocenters. The molecular formula is C8H16NO. The monoisotopic (exact) mass is 142 g/mol. The molecule has 0 spiro atoms. The minimum Gasteiger partial charge on any atom is -0.391 e. The van der Waals surface area contributed by atoms with Crippen LogP contribution in [0.25, 0.3) is 0 Å². The van der Waals surface area contributed by atoms with Gasteiger partial charge in [-0.2, -0.15) is 0 Å². The van der Waals surface area contributed by atoms with Crippen molar-refractivity contribution in [3.05, 3.63) is 0 Å². The van der Waals surface area contributed by atoms with Crippen molar-refractivity contribution in [2.45, 2.75) is 44.8 Å². The molecule has 0 aromatic heterocycles. The summed E-state index contributed by atoms with van der Waals surface area (Å²) in [6, 6.07) is 0. The van der Waals surface area contributed by atoms with Gasteiger partial charge in [0, 0.05) is 6.54 Å². The summed E-state index contributed by atoms with van der Waals surface area (Å²) in [5.41, 5.74) is -0.141. The average molecular weight is 142 g/mol. The van der Waals surface area contributed by atoms with E-state index in [0.717, 1.165) is 25.8 Å². The number of nitrogens with zero attached hydrogens (tertiary/aromatic N) is 1. The molecule has 1 aliphatic heterocycles. The predicted molar refractivity (Wildman–Crippen MR) is 40.9 cm³/mol. The molecule has 0 saturated carbocycles. The maximum Gasteiger partial charge on any atom is 0.0735 e. The third kappa shape index (κ3) is 1.32. The number of hydrogen-bond donors (Lipinski definition) is 1. The first-order chi connectivity index (χ1) is 4.69. The lowest BCUT2D eigenvalue weighted by Crippen LogP contribution is -2.50. The van der Waals surface area contributed by atoms with Gasteiger partial charge in [-0.1, -0.05) is 6.92 Å². The zero-order valence-electron chi connectivity index (χ0n) is 6.80. The van der Waals surface area contributed by atoms with Crippen LogP contribution in [0.15, 0.2) is 0 Å². The highest BCUT2D eigenvalue weighted by Gasteiger charge is 2.34. The molecule has 0 bridgehead atoms. The van der Waals surface area contributed by atoms with Gasteiger partial charge in [-0.25, -0.2) is 5.32 Å². The quantitative estimate of drug-likeness (QED) is 0.580. The lowest BCUT2D eigenvalue weighted by Gasteiger charge is -2.37. The summed E-state index contributed by atoms with van der Waals surface area (Å²) in [7, 11) is 0. The van der Waals surface area contributed by atoms with Crippen molar-refractivity contribution >= 4 is 0 Å². The van der Waals surface area contributed by atoms with E-state index >= 15 is 0 Å². The molecular weight excluding hydrogens is 126 g/mol. The van der Waals surface area contributed by atoms with E-state index in [1.165, 1.54) is 0 Å². The number of aliphatic hydroxyl groups excluding tert-OH is 1. The normalized spacial score (nSPS) is 41.7. The van der Waals surface area contributed by atoms with Gasteiger partial charge in [0.15, 0.2) is 0 Å². The Morgan fingerprint density at radius 2 is 2.40 bits per heavy atom. The van der Waals surface area contributed by atoms with E-state index in [0.29, 0.717) is 0 Å². The fourth-order valence-electron chi connectivity index (χ4n) is 1.38. The summed E-state index contributed by atoms with van der Waals surface area (Å²) < 4.78 is 0. The third-order valence-electron chi connectivity index (χ3n) is 2.54. The molecule has 1 heterocycles. The van der Waals surface area contributed by atoms with Gasteiger partial charge < -0.3 is 5.11 Å². The lowest BCUT2D eigenvalue weighted by molar-refractivity contribution is 0.0354. The fraction of sp³-hybridized carbons (Fsp3) is 1.00. The van der Waals surface area contributed by atoms with Crippen LogP contribution in [0.1, 0.15) is 33.1 Å². The van der Waals surface area contributed by atoms with Gasteiger partial charge in [-0.05, 0) is 26.2 Å². The first-order valence-corrected chi connectivity index (χ1v) is 4.06. The molecule has 1 fully saturated rings. The number of rotatable bonds is 1. The van der Waals surface area contributed by atoms with Crippen LogP contribution in [0.3, 0.4) is 0 Å². The van der Waals surface area contributed by atoms with Gasteiger partial charge in [0.05, 0.1) is 11.6 Å². The summed E-state index contributed by atoms with van der Waals surface area (Å²) in [5, 5.41) is 13.9. The molecule has 1 radical (unpaired) electrons. The van der Waals surface area contributed by atoms with E-state index in [1.54, 1.807) is 0 Å². The Morgan fingerprint density at radius 1 is 1.70 bits per heavy atom. The summed E-state index contributed by atoms with van der Waals surface area (Å²) in [6.45, 7) is 5.05. The van der Waals surface area contributed by atoms with E-state index in [1.807, 2.05) is 6.92 Å². The van der Waals surface area contributed by atoms with Crippen LogP contribution in [0.2, 0.25) is 0 Å². The fourth-order valence-corrected chi connectivity index (χ4v) is 1.38. The molecule has 1 aliphatic rings. The molecule has 0 amide bonds. The first kappa shape index (κ1) is 8.02. The Bertz CT molecular complexity index is 116. The maximum atomic E-state index is 9.53. The van der Waals surface area contributed by atoms with Crippen LogP contribution < -0.4 is 5.32 Å². The molecule has 59 valence electrons. The SMILES string of the molecule is CCC1(C)[N]CCCC1O. The molecule has 1 saturated heterocycles. The highest BCUT2D eigenvalue weighted by Crippen LogP contribution is 2.23. The van der Waals surface area contributed by atoms with E-state index in [9.17, 15) is 5.11 Å². The summed E-state index contributed by atoms with van der Waals surface area (Å²) in [6.07, 6.45) is 2.73. The highest BCUT2D eigenvalue weighted by molar-refractivity contribution is 4.91. The topological polar surface area (TPSA) is 34.3 Å². The van der Waals surface area contributed by atoms with Crippen molar-refractivity contribution < 1.29 is 5.11 Å². The van der Waals surface area contributed by atoms with Crippen LogP contribution >= 0.6 is 0 Å². The highest BCUT2D eigenvalue weighted by atomic mass is 16.3. The first-order valence-electron chi connectivity index (χ1n) is 4.06. The molecule has 1 N–H and O–H groups in total. The van der Waals surface area contributed by atoms with Crippen LogP contribution in [-0.4, -0.2) is 23.3 Å². The predicted octanol–water partition coefficient (Wildman–Crippen LogP) is 0.914. The molecule has 0 aromatic rings. The Labute approximate surface area is 62.6 Å². The Morgan fingerprint density at radius 3 is 2.80 bits per heavy atom. The van der Waals surface area contributed by atoms with E-state index < -0.39 is 0 Å². The number of aliphatic hydroxyl groups is 1. The largest absolute Gasteiger partial charge is 0.391 e. The van der Waals surface area contributed by atoms with Crippen molar-refractivity contribution in [1.82, 2.24) is 5.32 Å². The Hall–Kier alpha value is -0.0800. The van der Waals surface area contributed by atoms with Crippen molar-refractivity contribution in [2.75, 3.05) is 6.54 Å². The summed E-state index contributed by atoms with van der Waals surface area (Å²) >= 11 is 0. The summed E-state index contributed by atoms with van der Waals surface area (Å²) in [4.78, 5) is 0. The van der Waals surface area contributed by atoms with Crippen molar-refractivity contribution in [3.63, 3.8) is 0 Å². The third-order valence-corrected chi connectivity index (χ3v) is 2.54. The molecule has 0 aromatic carbocycles. The van der Waals surface area contributed by atoms with Crippen LogP contribution in [0.4, 0.5) is 0 Å². The van der Waals surface area contributed by atoms with Gasteiger partial charge in [-0.3, -0.25) is 0 Å². The molecule has 2 atom stereocenters. The second kappa shape index (κ2) is 2.89. The van der Waals surface area contributed by atoms with Crippen LogP contribution in [0.5, 0.6) is 0 Å². The molecule has 10 heavy (non-hydrogen) atoms. The smallest absolute Gasteiger partial charge is 0.0735 e. The second-order valence-corrected chi connectivity index (χ2v) is 3.25. The van der Waals surface area contributed by atoms with Gasteiger partial charge in [0.1, 0.15) is 0 Å². The van der Waals surface area contributed by atoms with E-state index in [-0.39, 0.29) is 11.6 Å². The number of hydrogen-bond acceptors (Lipinski definition) is 1. The molecule has 0 aliphatic carbocycles. The summed E-state index contributed by atoms with van der Waals surface area (Å²) in [5.74, 6) is 0. The lowest BCUT2D eigenvalue weighted by atomic mass is 9.86. The molecule has 2 nitrogen and oxygen atoms in total. The van der Waals surface area contributed by atoms with Gasteiger partial charge in [0.2, 0.25) is 0 Å². The molecule has 1 rings (SSSR count). The molecule has 2 heteroatoms. The zero-order chi connectivity index (χ0) is 7.61. The second-order valence-electron chi connectivity index (χ2n) is 3.25. The van der Waals surface area contributed by atoms with Crippen molar-refractivity contribution in [2.24, 2.45) is 0 Å². The number of piperidine rings is 1. The van der Waals surface area contributed by atoms with Gasteiger partial charge in [0.25, 0.3) is 0 Å². The van der Waals surface area contributed by atoms with Crippen LogP contribution in [0, 0.1) is 0 Å². The van der Waals surface area contributed by atoms with Gasteiger partial charge >= 0.3 is 0 Å². The maximum absolute atomic E-state index is 9.53. The van der Waals surface area contributed by atoms with Crippen molar-refractivity contribution in [1.29, 1.82) is 0 Å². The Balaban J connectivity index is 2.54. The Kier molecular flexibility index (Phi) is 2.32. The minimum atomic E-state index is -0.203. The van der Waals surface area contributed by atoms with Crippen LogP contribution in [-0.2, 0) is 0 Å². The standard InChI is InChI=1S/C8H16NO/c1-3-8(2)7(10)5-4-6-9-8/h7,10H,3-6H2,1-2H3. The van der Waals surface area contributed by atoms with Crippen molar-refractivity contribution in [3.8, 4) is 0 Å². The minimum absolute atomic E-state index is 0.141. The van der Waals surface area contributed by atoms with E-state index in [4.69, 9.17) is 0 Å². The van der Waals surface area contributed by atoms with E-state index in [2.05, 4.69) is 12.2 Å².